The van der Waals surface area contributed by atoms with Crippen LogP contribution in [0.15, 0.2) is 80.6 Å². The SMILES string of the molecule is Cc1ccc2nc(-c3cccc(N=Cc4ccc(Br)cc4)c3)oc2c1. The molecule has 25 heavy (non-hydrogen) atoms. The third-order valence-corrected chi connectivity index (χ3v) is 4.40. The third-order valence-electron chi connectivity index (χ3n) is 3.87. The summed E-state index contributed by atoms with van der Waals surface area (Å²) in [5, 5.41) is 0. The number of aryl methyl sites for hydroxylation is 1. The molecule has 4 rings (SSSR count). The number of fused-ring (bicyclic) bond motifs is 1. The van der Waals surface area contributed by atoms with Crippen molar-refractivity contribution >= 4 is 38.9 Å². The van der Waals surface area contributed by atoms with E-state index in [4.69, 9.17) is 4.42 Å². The van der Waals surface area contributed by atoms with Crippen molar-refractivity contribution in [1.82, 2.24) is 4.98 Å². The minimum Gasteiger partial charge on any atom is -0.436 e. The average molecular weight is 391 g/mol. The van der Waals surface area contributed by atoms with Crippen LogP contribution in [0.4, 0.5) is 5.69 Å². The number of hydrogen-bond acceptors (Lipinski definition) is 3. The molecule has 0 unspecified atom stereocenters. The van der Waals surface area contributed by atoms with Crippen LogP contribution in [0.2, 0.25) is 0 Å². The topological polar surface area (TPSA) is 38.4 Å². The minimum absolute atomic E-state index is 0.612. The van der Waals surface area contributed by atoms with Crippen LogP contribution in [0, 0.1) is 6.92 Å². The maximum Gasteiger partial charge on any atom is 0.227 e. The molecule has 1 heterocycles. The number of rotatable bonds is 3. The number of halogens is 1. The van der Waals surface area contributed by atoms with Gasteiger partial charge in [-0.3, -0.25) is 4.99 Å². The van der Waals surface area contributed by atoms with Crippen LogP contribution in [0.25, 0.3) is 22.6 Å². The Morgan fingerprint density at radius 2 is 1.84 bits per heavy atom. The van der Waals surface area contributed by atoms with Crippen LogP contribution >= 0.6 is 15.9 Å². The molecule has 0 saturated carbocycles. The third kappa shape index (κ3) is 3.54. The van der Waals surface area contributed by atoms with Gasteiger partial charge in [-0.05, 0) is 60.5 Å². The predicted octanol–water partition coefficient (Wildman–Crippen LogP) is 6.32. The molecule has 4 heteroatoms. The largest absolute Gasteiger partial charge is 0.436 e. The summed E-state index contributed by atoms with van der Waals surface area (Å²) in [6, 6.07) is 21.9. The highest BCUT2D eigenvalue weighted by atomic mass is 79.9. The van der Waals surface area contributed by atoms with E-state index in [1.54, 1.807) is 0 Å². The molecule has 0 aliphatic carbocycles. The Kier molecular flexibility index (Phi) is 4.20. The second-order valence-corrected chi connectivity index (χ2v) is 6.77. The van der Waals surface area contributed by atoms with Gasteiger partial charge < -0.3 is 4.42 Å². The molecule has 0 amide bonds. The zero-order valence-corrected chi connectivity index (χ0v) is 15.2. The molecule has 4 aromatic rings. The first kappa shape index (κ1) is 15.8. The lowest BCUT2D eigenvalue weighted by molar-refractivity contribution is 0.619. The summed E-state index contributed by atoms with van der Waals surface area (Å²) in [5.41, 5.74) is 5.65. The van der Waals surface area contributed by atoms with Crippen molar-refractivity contribution in [2.24, 2.45) is 4.99 Å². The molecule has 0 bridgehead atoms. The van der Waals surface area contributed by atoms with Crippen molar-refractivity contribution in [2.75, 3.05) is 0 Å². The zero-order valence-electron chi connectivity index (χ0n) is 13.6. The van der Waals surface area contributed by atoms with Crippen molar-refractivity contribution in [3.63, 3.8) is 0 Å². The molecule has 0 atom stereocenters. The van der Waals surface area contributed by atoms with Crippen LogP contribution in [-0.2, 0) is 0 Å². The maximum atomic E-state index is 5.90. The van der Waals surface area contributed by atoms with Gasteiger partial charge >= 0.3 is 0 Å². The molecule has 1 aromatic heterocycles. The second-order valence-electron chi connectivity index (χ2n) is 5.85. The van der Waals surface area contributed by atoms with E-state index in [-0.39, 0.29) is 0 Å². The van der Waals surface area contributed by atoms with E-state index in [0.29, 0.717) is 5.89 Å². The highest BCUT2D eigenvalue weighted by molar-refractivity contribution is 9.10. The second kappa shape index (κ2) is 6.65. The molecular formula is C21H15BrN2O. The Morgan fingerprint density at radius 1 is 1.00 bits per heavy atom. The molecule has 0 aliphatic heterocycles. The van der Waals surface area contributed by atoms with Gasteiger partial charge in [0.1, 0.15) is 5.52 Å². The lowest BCUT2D eigenvalue weighted by Crippen LogP contribution is -1.80. The lowest BCUT2D eigenvalue weighted by Gasteiger charge is -1.98. The van der Waals surface area contributed by atoms with E-state index in [9.17, 15) is 0 Å². The van der Waals surface area contributed by atoms with Crippen molar-refractivity contribution in [3.8, 4) is 11.5 Å². The van der Waals surface area contributed by atoms with Crippen molar-refractivity contribution in [2.45, 2.75) is 6.92 Å². The van der Waals surface area contributed by atoms with Crippen LogP contribution in [0.1, 0.15) is 11.1 Å². The van der Waals surface area contributed by atoms with Gasteiger partial charge in [0.2, 0.25) is 5.89 Å². The standard InChI is InChI=1S/C21H15BrN2O/c1-14-5-10-19-20(11-14)25-21(24-19)16-3-2-4-18(12-16)23-13-15-6-8-17(22)9-7-15/h2-13H,1H3. The number of aromatic nitrogens is 1. The fourth-order valence-electron chi connectivity index (χ4n) is 2.57. The number of aliphatic imine (C=N–C) groups is 1. The number of nitrogens with zero attached hydrogens (tertiary/aromatic N) is 2. The Bertz CT molecular complexity index is 1060. The summed E-state index contributed by atoms with van der Waals surface area (Å²) in [4.78, 5) is 9.12. The van der Waals surface area contributed by atoms with Gasteiger partial charge in [0.15, 0.2) is 5.58 Å². The number of hydrogen-bond donors (Lipinski definition) is 0. The number of oxazole rings is 1. The molecule has 0 N–H and O–H groups in total. The predicted molar refractivity (Wildman–Crippen MR) is 106 cm³/mol. The average Bonchev–Trinajstić information content (AvgIpc) is 3.05. The first-order valence-electron chi connectivity index (χ1n) is 7.95. The van der Waals surface area contributed by atoms with E-state index in [0.717, 1.165) is 38.0 Å². The lowest BCUT2D eigenvalue weighted by atomic mass is 10.2. The summed E-state index contributed by atoms with van der Waals surface area (Å²) in [6.45, 7) is 2.04. The fraction of sp³-hybridized carbons (Fsp3) is 0.0476. The Hall–Kier alpha value is -2.72. The highest BCUT2D eigenvalue weighted by Gasteiger charge is 2.08. The van der Waals surface area contributed by atoms with Crippen molar-refractivity contribution in [1.29, 1.82) is 0 Å². The molecule has 0 radical (unpaired) electrons. The molecule has 122 valence electrons. The fourth-order valence-corrected chi connectivity index (χ4v) is 2.84. The Morgan fingerprint density at radius 3 is 2.68 bits per heavy atom. The van der Waals surface area contributed by atoms with E-state index < -0.39 is 0 Å². The summed E-state index contributed by atoms with van der Waals surface area (Å²) in [7, 11) is 0. The van der Waals surface area contributed by atoms with Gasteiger partial charge in [-0.25, -0.2) is 4.98 Å². The molecule has 0 saturated heterocycles. The number of benzene rings is 3. The Labute approximate surface area is 154 Å². The summed E-state index contributed by atoms with van der Waals surface area (Å²) >= 11 is 3.43. The molecule has 0 spiro atoms. The monoisotopic (exact) mass is 390 g/mol. The zero-order chi connectivity index (χ0) is 17.2. The van der Waals surface area contributed by atoms with E-state index in [1.807, 2.05) is 79.9 Å². The molecule has 0 aliphatic rings. The van der Waals surface area contributed by atoms with Crippen LogP contribution in [0.5, 0.6) is 0 Å². The van der Waals surface area contributed by atoms with Gasteiger partial charge in [0.05, 0.1) is 5.69 Å². The van der Waals surface area contributed by atoms with Gasteiger partial charge in [0, 0.05) is 16.3 Å². The maximum absolute atomic E-state index is 5.90. The first-order valence-corrected chi connectivity index (χ1v) is 8.74. The smallest absolute Gasteiger partial charge is 0.227 e. The summed E-state index contributed by atoms with van der Waals surface area (Å²) < 4.78 is 6.95. The molecule has 3 aromatic carbocycles. The molecular weight excluding hydrogens is 376 g/mol. The highest BCUT2D eigenvalue weighted by Crippen LogP contribution is 2.27. The first-order chi connectivity index (χ1) is 12.2. The van der Waals surface area contributed by atoms with Gasteiger partial charge in [-0.1, -0.05) is 40.2 Å². The van der Waals surface area contributed by atoms with Crippen LogP contribution in [-0.4, -0.2) is 11.2 Å². The summed E-state index contributed by atoms with van der Waals surface area (Å²) in [5.74, 6) is 0.612. The van der Waals surface area contributed by atoms with Crippen molar-refractivity contribution < 1.29 is 4.42 Å². The van der Waals surface area contributed by atoms with Gasteiger partial charge in [-0.2, -0.15) is 0 Å². The quantitative estimate of drug-likeness (QED) is 0.384. The van der Waals surface area contributed by atoms with Gasteiger partial charge in [-0.15, -0.1) is 0 Å². The van der Waals surface area contributed by atoms with E-state index in [1.165, 1.54) is 0 Å². The minimum atomic E-state index is 0.612. The molecule has 0 fully saturated rings. The van der Waals surface area contributed by atoms with E-state index >= 15 is 0 Å². The van der Waals surface area contributed by atoms with Gasteiger partial charge in [0.25, 0.3) is 0 Å². The summed E-state index contributed by atoms with van der Waals surface area (Å²) in [6.07, 6.45) is 1.85. The van der Waals surface area contributed by atoms with Crippen molar-refractivity contribution in [3.05, 3.63) is 82.3 Å². The van der Waals surface area contributed by atoms with Crippen LogP contribution in [0.3, 0.4) is 0 Å². The van der Waals surface area contributed by atoms with Crippen LogP contribution < -0.4 is 0 Å². The molecule has 3 nitrogen and oxygen atoms in total. The normalized spacial score (nSPS) is 11.4. The Balaban J connectivity index is 1.65. The van der Waals surface area contributed by atoms with E-state index in [2.05, 4.69) is 25.9 Å².